The van der Waals surface area contributed by atoms with Gasteiger partial charge in [-0.3, -0.25) is 4.79 Å². The summed E-state index contributed by atoms with van der Waals surface area (Å²) in [6.07, 6.45) is 2.44. The van der Waals surface area contributed by atoms with E-state index in [1.807, 2.05) is 0 Å². The van der Waals surface area contributed by atoms with E-state index in [2.05, 4.69) is 28.2 Å². The van der Waals surface area contributed by atoms with Crippen LogP contribution in [0.2, 0.25) is 0 Å². The molecule has 1 N–H and O–H groups in total. The quantitative estimate of drug-likeness (QED) is 0.803. The topological polar surface area (TPSA) is 47.6 Å². The van der Waals surface area contributed by atoms with E-state index in [1.165, 1.54) is 0 Å². The zero-order valence-corrected chi connectivity index (χ0v) is 11.8. The van der Waals surface area contributed by atoms with E-state index in [1.54, 1.807) is 0 Å². The Kier molecular flexibility index (Phi) is 4.44. The van der Waals surface area contributed by atoms with Gasteiger partial charge in [-0.2, -0.15) is 0 Å². The van der Waals surface area contributed by atoms with Crippen molar-refractivity contribution in [3.63, 3.8) is 0 Å². The third kappa shape index (κ3) is 3.01. The molecular formula is C12H20BrNO3. The van der Waals surface area contributed by atoms with Crippen molar-refractivity contribution >= 4 is 21.8 Å². The van der Waals surface area contributed by atoms with E-state index in [0.717, 1.165) is 24.6 Å². The number of carbonyl (C=O) groups excluding carboxylic acids is 1. The van der Waals surface area contributed by atoms with E-state index in [9.17, 15) is 4.79 Å². The molecule has 0 saturated carbocycles. The summed E-state index contributed by atoms with van der Waals surface area (Å²) in [5, 5.41) is 3.94. The van der Waals surface area contributed by atoms with Crippen LogP contribution < -0.4 is 5.32 Å². The highest BCUT2D eigenvalue weighted by atomic mass is 79.9. The molecule has 0 aromatic carbocycles. The molecule has 2 unspecified atom stereocenters. The zero-order chi connectivity index (χ0) is 12.3. The second kappa shape index (κ2) is 5.67. The molecule has 2 rings (SSSR count). The van der Waals surface area contributed by atoms with E-state index in [0.29, 0.717) is 25.7 Å². The van der Waals surface area contributed by atoms with E-state index in [4.69, 9.17) is 9.47 Å². The summed E-state index contributed by atoms with van der Waals surface area (Å²) in [4.78, 5) is 12.2. The SMILES string of the molecule is CC1CCOC1C(=O)NC1(CBr)CCOCC1. The van der Waals surface area contributed by atoms with Crippen molar-refractivity contribution in [1.29, 1.82) is 0 Å². The van der Waals surface area contributed by atoms with Crippen molar-refractivity contribution in [1.82, 2.24) is 5.32 Å². The second-order valence-corrected chi connectivity index (χ2v) is 5.63. The molecule has 2 saturated heterocycles. The third-order valence-electron chi connectivity index (χ3n) is 3.74. The monoisotopic (exact) mass is 305 g/mol. The van der Waals surface area contributed by atoms with Crippen molar-refractivity contribution in [2.75, 3.05) is 25.2 Å². The molecule has 0 spiro atoms. The maximum atomic E-state index is 12.2. The van der Waals surface area contributed by atoms with Gasteiger partial charge in [-0.15, -0.1) is 0 Å². The van der Waals surface area contributed by atoms with E-state index >= 15 is 0 Å². The summed E-state index contributed by atoms with van der Waals surface area (Å²) < 4.78 is 10.9. The summed E-state index contributed by atoms with van der Waals surface area (Å²) in [6, 6.07) is 0. The van der Waals surface area contributed by atoms with Gasteiger partial charge in [-0.1, -0.05) is 22.9 Å². The van der Waals surface area contributed by atoms with Gasteiger partial charge in [0.15, 0.2) is 0 Å². The summed E-state index contributed by atoms with van der Waals surface area (Å²) in [5.74, 6) is 0.360. The Morgan fingerprint density at radius 2 is 2.12 bits per heavy atom. The highest BCUT2D eigenvalue weighted by Crippen LogP contribution is 2.26. The van der Waals surface area contributed by atoms with Gasteiger partial charge in [0.1, 0.15) is 6.10 Å². The van der Waals surface area contributed by atoms with Gasteiger partial charge in [0, 0.05) is 25.2 Å². The lowest BCUT2D eigenvalue weighted by molar-refractivity contribution is -0.134. The molecule has 2 heterocycles. The van der Waals surface area contributed by atoms with Crippen molar-refractivity contribution in [3.8, 4) is 0 Å². The van der Waals surface area contributed by atoms with Crippen LogP contribution in [0.3, 0.4) is 0 Å². The minimum absolute atomic E-state index is 0.0383. The number of carbonyl (C=O) groups is 1. The molecule has 5 heteroatoms. The van der Waals surface area contributed by atoms with Crippen LogP contribution in [0.25, 0.3) is 0 Å². The van der Waals surface area contributed by atoms with E-state index in [-0.39, 0.29) is 17.6 Å². The molecule has 2 atom stereocenters. The summed E-state index contributed by atoms with van der Waals surface area (Å²) in [5.41, 5.74) is -0.152. The van der Waals surface area contributed by atoms with Crippen LogP contribution in [0.5, 0.6) is 0 Å². The number of hydrogen-bond donors (Lipinski definition) is 1. The minimum atomic E-state index is -0.270. The molecule has 0 radical (unpaired) electrons. The number of ether oxygens (including phenoxy) is 2. The van der Waals surface area contributed by atoms with Crippen molar-refractivity contribution in [2.24, 2.45) is 5.92 Å². The molecule has 0 aliphatic carbocycles. The fraction of sp³-hybridized carbons (Fsp3) is 0.917. The minimum Gasteiger partial charge on any atom is -0.381 e. The first-order chi connectivity index (χ1) is 8.17. The third-order valence-corrected chi connectivity index (χ3v) is 4.81. The fourth-order valence-corrected chi connectivity index (χ4v) is 3.12. The molecule has 98 valence electrons. The molecule has 1 amide bonds. The van der Waals surface area contributed by atoms with Gasteiger partial charge in [0.2, 0.25) is 5.91 Å². The van der Waals surface area contributed by atoms with Gasteiger partial charge < -0.3 is 14.8 Å². The number of nitrogens with one attached hydrogen (secondary N) is 1. The van der Waals surface area contributed by atoms with Gasteiger partial charge in [-0.05, 0) is 25.2 Å². The average Bonchev–Trinajstić information content (AvgIpc) is 2.77. The Morgan fingerprint density at radius 1 is 1.41 bits per heavy atom. The normalized spacial score (nSPS) is 32.4. The van der Waals surface area contributed by atoms with Crippen LogP contribution in [0, 0.1) is 5.92 Å². The molecule has 2 aliphatic heterocycles. The summed E-state index contributed by atoms with van der Waals surface area (Å²) in [6.45, 7) is 4.20. The van der Waals surface area contributed by atoms with Crippen LogP contribution in [-0.4, -0.2) is 42.7 Å². The van der Waals surface area contributed by atoms with Gasteiger partial charge in [-0.25, -0.2) is 0 Å². The molecule has 0 aromatic heterocycles. The first kappa shape index (κ1) is 13.3. The Hall–Kier alpha value is -0.130. The summed E-state index contributed by atoms with van der Waals surface area (Å²) >= 11 is 3.51. The Labute approximate surface area is 111 Å². The first-order valence-corrected chi connectivity index (χ1v) is 7.36. The van der Waals surface area contributed by atoms with Crippen molar-refractivity contribution in [2.45, 2.75) is 37.8 Å². The largest absolute Gasteiger partial charge is 0.381 e. The van der Waals surface area contributed by atoms with Gasteiger partial charge >= 0.3 is 0 Å². The Balaban J connectivity index is 1.95. The highest BCUT2D eigenvalue weighted by molar-refractivity contribution is 9.09. The molecular weight excluding hydrogens is 286 g/mol. The van der Waals surface area contributed by atoms with Gasteiger partial charge in [0.05, 0.1) is 5.54 Å². The van der Waals surface area contributed by atoms with Crippen LogP contribution >= 0.6 is 15.9 Å². The first-order valence-electron chi connectivity index (χ1n) is 6.24. The number of alkyl halides is 1. The highest BCUT2D eigenvalue weighted by Gasteiger charge is 2.38. The van der Waals surface area contributed by atoms with Crippen LogP contribution in [0.1, 0.15) is 26.2 Å². The predicted molar refractivity (Wildman–Crippen MR) is 68.2 cm³/mol. The standard InChI is InChI=1S/C12H20BrNO3/c1-9-2-5-17-10(9)11(15)14-12(8-13)3-6-16-7-4-12/h9-10H,2-8H2,1H3,(H,14,15). The molecule has 0 aromatic rings. The molecule has 2 fully saturated rings. The van der Waals surface area contributed by atoms with Crippen LogP contribution in [0.15, 0.2) is 0 Å². The maximum Gasteiger partial charge on any atom is 0.249 e. The van der Waals surface area contributed by atoms with Crippen LogP contribution in [-0.2, 0) is 14.3 Å². The lowest BCUT2D eigenvalue weighted by Crippen LogP contribution is -2.56. The number of halogens is 1. The predicted octanol–water partition coefficient (Wildman–Crippen LogP) is 1.47. The second-order valence-electron chi connectivity index (χ2n) is 5.07. The van der Waals surface area contributed by atoms with E-state index < -0.39 is 0 Å². The molecule has 4 nitrogen and oxygen atoms in total. The molecule has 2 aliphatic rings. The maximum absolute atomic E-state index is 12.2. The van der Waals surface area contributed by atoms with Gasteiger partial charge in [0.25, 0.3) is 0 Å². The van der Waals surface area contributed by atoms with Crippen molar-refractivity contribution in [3.05, 3.63) is 0 Å². The zero-order valence-electron chi connectivity index (χ0n) is 10.2. The number of rotatable bonds is 3. The lowest BCUT2D eigenvalue weighted by Gasteiger charge is -2.37. The number of hydrogen-bond acceptors (Lipinski definition) is 3. The summed E-state index contributed by atoms with van der Waals surface area (Å²) in [7, 11) is 0. The van der Waals surface area contributed by atoms with Crippen molar-refractivity contribution < 1.29 is 14.3 Å². The average molecular weight is 306 g/mol. The fourth-order valence-electron chi connectivity index (χ4n) is 2.42. The Bertz CT molecular complexity index is 279. The number of amides is 1. The Morgan fingerprint density at radius 3 is 2.65 bits per heavy atom. The van der Waals surface area contributed by atoms with Crippen LogP contribution in [0.4, 0.5) is 0 Å². The molecule has 0 bridgehead atoms. The smallest absolute Gasteiger partial charge is 0.249 e. The molecule has 17 heavy (non-hydrogen) atoms. The lowest BCUT2D eigenvalue weighted by atomic mass is 9.91.